The number of hydrogen-bond acceptors (Lipinski definition) is 4. The van der Waals surface area contributed by atoms with Gasteiger partial charge in [0, 0.05) is 31.0 Å². The predicted molar refractivity (Wildman–Crippen MR) is 117 cm³/mol. The van der Waals surface area contributed by atoms with Crippen molar-refractivity contribution in [1.29, 1.82) is 0 Å². The van der Waals surface area contributed by atoms with Crippen LogP contribution in [0.3, 0.4) is 0 Å². The van der Waals surface area contributed by atoms with Gasteiger partial charge < -0.3 is 4.90 Å². The fourth-order valence-corrected chi connectivity index (χ4v) is 5.49. The van der Waals surface area contributed by atoms with E-state index in [1.807, 2.05) is 4.90 Å². The first-order chi connectivity index (χ1) is 14.5. The average Bonchev–Trinajstić information content (AvgIpc) is 3.21. The van der Waals surface area contributed by atoms with E-state index in [9.17, 15) is 14.0 Å². The quantitative estimate of drug-likeness (QED) is 0.633. The molecule has 1 aliphatic carbocycles. The highest BCUT2D eigenvalue weighted by Gasteiger charge is 2.34. The summed E-state index contributed by atoms with van der Waals surface area (Å²) in [6.07, 6.45) is 10.4. The monoisotopic (exact) mass is 427 g/mol. The van der Waals surface area contributed by atoms with Gasteiger partial charge in [-0.1, -0.05) is 25.0 Å². The van der Waals surface area contributed by atoms with Crippen LogP contribution in [0.15, 0.2) is 35.7 Å². The van der Waals surface area contributed by atoms with Gasteiger partial charge in [-0.2, -0.15) is 0 Å². The van der Waals surface area contributed by atoms with Crippen molar-refractivity contribution >= 4 is 40.0 Å². The van der Waals surface area contributed by atoms with Gasteiger partial charge in [0.2, 0.25) is 11.8 Å². The molecule has 2 heterocycles. The van der Waals surface area contributed by atoms with E-state index in [0.717, 1.165) is 19.4 Å². The molecule has 2 atom stereocenters. The molecule has 2 amide bonds. The minimum atomic E-state index is -0.484. The number of anilines is 2. The van der Waals surface area contributed by atoms with E-state index in [1.165, 1.54) is 54.9 Å². The van der Waals surface area contributed by atoms with E-state index in [4.69, 9.17) is 0 Å². The van der Waals surface area contributed by atoms with E-state index in [1.54, 1.807) is 35.7 Å². The number of benzene rings is 1. The molecule has 1 saturated heterocycles. The third-order valence-corrected chi connectivity index (χ3v) is 6.88. The molecule has 30 heavy (non-hydrogen) atoms. The zero-order chi connectivity index (χ0) is 21.1. The Kier molecular flexibility index (Phi) is 6.27. The lowest BCUT2D eigenvalue weighted by molar-refractivity contribution is -0.132. The van der Waals surface area contributed by atoms with Crippen molar-refractivity contribution in [3.8, 4) is 0 Å². The highest BCUT2D eigenvalue weighted by atomic mass is 32.1. The Labute approximate surface area is 180 Å². The second kappa shape index (κ2) is 9.08. The van der Waals surface area contributed by atoms with Gasteiger partial charge in [0.1, 0.15) is 5.82 Å². The molecule has 7 heteroatoms. The predicted octanol–water partition coefficient (Wildman–Crippen LogP) is 5.16. The van der Waals surface area contributed by atoms with Crippen LogP contribution in [0.2, 0.25) is 0 Å². The van der Waals surface area contributed by atoms with Crippen LogP contribution >= 0.6 is 11.3 Å². The summed E-state index contributed by atoms with van der Waals surface area (Å²) in [6.45, 7) is 2.20. The molecule has 4 rings (SSSR count). The summed E-state index contributed by atoms with van der Waals surface area (Å²) >= 11 is 1.25. The number of nitrogens with zero attached hydrogens (tertiary/aromatic N) is 3. The molecule has 0 bridgehead atoms. The van der Waals surface area contributed by atoms with E-state index in [2.05, 4.69) is 4.98 Å². The molecular formula is C23H26FN3O2S. The topological polar surface area (TPSA) is 53.5 Å². The summed E-state index contributed by atoms with van der Waals surface area (Å²) in [5.41, 5.74) is 0.755. The van der Waals surface area contributed by atoms with Crippen molar-refractivity contribution in [2.75, 3.05) is 11.4 Å². The second-order valence-corrected chi connectivity index (χ2v) is 8.82. The molecule has 1 aromatic heterocycles. The Balaban J connectivity index is 1.49. The number of piperidine rings is 1. The molecule has 1 saturated carbocycles. The minimum absolute atomic E-state index is 0.0266. The van der Waals surface area contributed by atoms with Crippen molar-refractivity contribution in [3.63, 3.8) is 0 Å². The van der Waals surface area contributed by atoms with Crippen molar-refractivity contribution in [2.45, 2.75) is 51.5 Å². The summed E-state index contributed by atoms with van der Waals surface area (Å²) in [5.74, 6) is -0.140. The van der Waals surface area contributed by atoms with Gasteiger partial charge in [-0.15, -0.1) is 11.3 Å². The molecule has 0 spiro atoms. The van der Waals surface area contributed by atoms with E-state index in [-0.39, 0.29) is 17.5 Å². The molecule has 2 fully saturated rings. The standard InChI is InChI=1S/C23H26FN3O2S/c1-16(28)27(21-11-5-3-9-19(21)24)23-25-18(15-30-23)12-13-22(29)26-14-6-8-17-7-2-4-10-20(17)26/h3,5,9,11-13,15,17,20H,2,4,6-8,10,14H2,1H3/b13-12+. The second-order valence-electron chi connectivity index (χ2n) is 7.98. The number of rotatable bonds is 4. The summed E-state index contributed by atoms with van der Waals surface area (Å²) in [5, 5.41) is 2.15. The smallest absolute Gasteiger partial charge is 0.246 e. The van der Waals surface area contributed by atoms with Crippen molar-refractivity contribution in [2.24, 2.45) is 5.92 Å². The average molecular weight is 428 g/mol. The Morgan fingerprint density at radius 1 is 1.20 bits per heavy atom. The molecule has 0 N–H and O–H groups in total. The van der Waals surface area contributed by atoms with Crippen LogP contribution in [0.1, 0.15) is 51.1 Å². The Bertz CT molecular complexity index is 955. The molecule has 1 aliphatic heterocycles. The van der Waals surface area contributed by atoms with Crippen molar-refractivity contribution in [3.05, 3.63) is 47.2 Å². The van der Waals surface area contributed by atoms with Crippen LogP contribution in [0.5, 0.6) is 0 Å². The van der Waals surface area contributed by atoms with Gasteiger partial charge in [0.05, 0.1) is 11.4 Å². The zero-order valence-electron chi connectivity index (χ0n) is 17.1. The van der Waals surface area contributed by atoms with Crippen LogP contribution in [-0.2, 0) is 9.59 Å². The van der Waals surface area contributed by atoms with E-state index >= 15 is 0 Å². The Morgan fingerprint density at radius 2 is 1.97 bits per heavy atom. The lowest BCUT2D eigenvalue weighted by Gasteiger charge is -2.43. The van der Waals surface area contributed by atoms with E-state index < -0.39 is 5.82 Å². The number of para-hydroxylation sites is 1. The van der Waals surface area contributed by atoms with Gasteiger partial charge in [-0.3, -0.25) is 14.5 Å². The van der Waals surface area contributed by atoms with Crippen LogP contribution in [-0.4, -0.2) is 34.3 Å². The maximum absolute atomic E-state index is 14.2. The first-order valence-electron chi connectivity index (χ1n) is 10.5. The lowest BCUT2D eigenvalue weighted by Crippen LogP contribution is -2.49. The molecule has 1 aromatic carbocycles. The van der Waals surface area contributed by atoms with Gasteiger partial charge in [-0.25, -0.2) is 9.37 Å². The fourth-order valence-electron chi connectivity index (χ4n) is 4.65. The molecular weight excluding hydrogens is 401 g/mol. The number of halogens is 1. The van der Waals surface area contributed by atoms with Crippen molar-refractivity contribution in [1.82, 2.24) is 9.88 Å². The van der Waals surface area contributed by atoms with Crippen molar-refractivity contribution < 1.29 is 14.0 Å². The maximum Gasteiger partial charge on any atom is 0.246 e. The number of likely N-dealkylation sites (tertiary alicyclic amines) is 1. The summed E-state index contributed by atoms with van der Waals surface area (Å²) in [7, 11) is 0. The van der Waals surface area contributed by atoms with Crippen LogP contribution < -0.4 is 4.90 Å². The third kappa shape index (κ3) is 4.31. The summed E-state index contributed by atoms with van der Waals surface area (Å²) in [4.78, 5) is 32.7. The lowest BCUT2D eigenvalue weighted by atomic mass is 9.78. The first kappa shape index (κ1) is 20.7. The Morgan fingerprint density at radius 3 is 2.77 bits per heavy atom. The highest BCUT2D eigenvalue weighted by Crippen LogP contribution is 2.35. The zero-order valence-corrected chi connectivity index (χ0v) is 17.9. The summed E-state index contributed by atoms with van der Waals surface area (Å²) in [6, 6.07) is 6.49. The van der Waals surface area contributed by atoms with Gasteiger partial charge >= 0.3 is 0 Å². The fraction of sp³-hybridized carbons (Fsp3) is 0.435. The van der Waals surface area contributed by atoms with Crippen LogP contribution in [0.25, 0.3) is 6.08 Å². The minimum Gasteiger partial charge on any atom is -0.336 e. The Hall–Kier alpha value is -2.54. The normalized spacial score (nSPS) is 21.5. The molecule has 2 aromatic rings. The van der Waals surface area contributed by atoms with Gasteiger partial charge in [0.15, 0.2) is 5.13 Å². The molecule has 0 radical (unpaired) electrons. The number of amides is 2. The third-order valence-electron chi connectivity index (χ3n) is 6.03. The molecule has 2 unspecified atom stereocenters. The van der Waals surface area contributed by atoms with Crippen LogP contribution in [0.4, 0.5) is 15.2 Å². The number of carbonyl (C=O) groups excluding carboxylic acids is 2. The number of hydrogen-bond donors (Lipinski definition) is 0. The number of aromatic nitrogens is 1. The van der Waals surface area contributed by atoms with Gasteiger partial charge in [-0.05, 0) is 49.8 Å². The number of carbonyl (C=O) groups is 2. The van der Waals surface area contributed by atoms with Gasteiger partial charge in [0.25, 0.3) is 0 Å². The molecule has 5 nitrogen and oxygen atoms in total. The highest BCUT2D eigenvalue weighted by molar-refractivity contribution is 7.14. The SMILES string of the molecule is CC(=O)N(c1nc(/C=C/C(=O)N2CCCC3CCCCC32)cs1)c1ccccc1F. The van der Waals surface area contributed by atoms with E-state index in [0.29, 0.717) is 22.8 Å². The van der Waals surface area contributed by atoms with Crippen LogP contribution in [0, 0.1) is 11.7 Å². The molecule has 158 valence electrons. The first-order valence-corrected chi connectivity index (χ1v) is 11.4. The number of fused-ring (bicyclic) bond motifs is 1. The number of thiazole rings is 1. The molecule has 2 aliphatic rings. The maximum atomic E-state index is 14.2. The largest absolute Gasteiger partial charge is 0.336 e. The summed E-state index contributed by atoms with van der Waals surface area (Å²) < 4.78 is 14.2.